The van der Waals surface area contributed by atoms with E-state index in [0.717, 1.165) is 43.2 Å². The summed E-state index contributed by atoms with van der Waals surface area (Å²) in [5.41, 5.74) is 0.860. The minimum Gasteiger partial charge on any atom is -0.495 e. The molecule has 1 aliphatic heterocycles. The highest BCUT2D eigenvalue weighted by molar-refractivity contribution is 5.95. The molecular formula is C22H28N2O3. The zero-order chi connectivity index (χ0) is 19.1. The monoisotopic (exact) mass is 368 g/mol. The van der Waals surface area contributed by atoms with E-state index in [1.54, 1.807) is 7.11 Å². The number of para-hydroxylation sites is 3. The van der Waals surface area contributed by atoms with Crippen molar-refractivity contribution in [2.45, 2.75) is 25.8 Å². The Labute approximate surface area is 161 Å². The molecule has 1 aliphatic rings. The van der Waals surface area contributed by atoms with E-state index in [0.29, 0.717) is 13.0 Å². The molecule has 1 saturated heterocycles. The molecule has 5 nitrogen and oxygen atoms in total. The number of hydrogen-bond donors (Lipinski definition) is 0. The van der Waals surface area contributed by atoms with Crippen molar-refractivity contribution >= 4 is 11.6 Å². The zero-order valence-electron chi connectivity index (χ0n) is 16.1. The normalized spacial score (nSPS) is 16.9. The molecule has 0 bridgehead atoms. The third-order valence-corrected chi connectivity index (χ3v) is 4.95. The Kier molecular flexibility index (Phi) is 6.71. The summed E-state index contributed by atoms with van der Waals surface area (Å²) in [4.78, 5) is 17.0. The fourth-order valence-electron chi connectivity index (χ4n) is 3.57. The topological polar surface area (TPSA) is 42.0 Å². The summed E-state index contributed by atoms with van der Waals surface area (Å²) in [6.45, 7) is 5.22. The molecule has 1 amide bonds. The minimum absolute atomic E-state index is 0.131. The summed E-state index contributed by atoms with van der Waals surface area (Å²) >= 11 is 0. The van der Waals surface area contributed by atoms with Crippen LogP contribution in [0.3, 0.4) is 0 Å². The van der Waals surface area contributed by atoms with Crippen LogP contribution in [0.15, 0.2) is 54.6 Å². The van der Waals surface area contributed by atoms with E-state index in [-0.39, 0.29) is 11.9 Å². The molecule has 1 atom stereocenters. The van der Waals surface area contributed by atoms with Crippen molar-refractivity contribution in [3.05, 3.63) is 54.6 Å². The van der Waals surface area contributed by atoms with Crippen LogP contribution in [0, 0.1) is 0 Å². The van der Waals surface area contributed by atoms with Crippen LogP contribution in [0.25, 0.3) is 0 Å². The van der Waals surface area contributed by atoms with Crippen LogP contribution in [0.5, 0.6) is 11.5 Å². The van der Waals surface area contributed by atoms with Crippen LogP contribution >= 0.6 is 0 Å². The van der Waals surface area contributed by atoms with Crippen LogP contribution in [-0.2, 0) is 4.79 Å². The Morgan fingerprint density at radius 1 is 1.15 bits per heavy atom. The third-order valence-electron chi connectivity index (χ3n) is 4.95. The summed E-state index contributed by atoms with van der Waals surface area (Å²) in [7, 11) is 1.65. The van der Waals surface area contributed by atoms with E-state index >= 15 is 0 Å². The molecule has 0 aliphatic carbocycles. The lowest BCUT2D eigenvalue weighted by atomic mass is 10.1. The molecule has 1 heterocycles. The Balaban J connectivity index is 1.62. The van der Waals surface area contributed by atoms with Crippen LogP contribution in [-0.4, -0.2) is 50.2 Å². The molecule has 0 spiro atoms. The lowest BCUT2D eigenvalue weighted by Crippen LogP contribution is -2.42. The van der Waals surface area contributed by atoms with Gasteiger partial charge in [-0.1, -0.05) is 37.3 Å². The number of amides is 1. The van der Waals surface area contributed by atoms with Crippen LogP contribution in [0.4, 0.5) is 5.69 Å². The lowest BCUT2D eigenvalue weighted by molar-refractivity contribution is -0.118. The molecule has 2 aromatic carbocycles. The van der Waals surface area contributed by atoms with Gasteiger partial charge in [-0.15, -0.1) is 0 Å². The number of nitrogens with zero attached hydrogens (tertiary/aromatic N) is 2. The zero-order valence-corrected chi connectivity index (χ0v) is 16.1. The van der Waals surface area contributed by atoms with Gasteiger partial charge in [0.05, 0.1) is 18.8 Å². The van der Waals surface area contributed by atoms with Gasteiger partial charge in [-0.25, -0.2) is 0 Å². The Bertz CT molecular complexity index is 735. The molecular weight excluding hydrogens is 340 g/mol. The standard InChI is InChI=1S/C22H28N2O3/c1-3-22(25)24(20-11-7-8-12-21(20)26-2)18-13-14-23(17-18)15-16-27-19-9-5-4-6-10-19/h4-12,18H,3,13-17H2,1-2H3. The number of carbonyl (C=O) groups excluding carboxylic acids is 1. The first kappa shape index (κ1) is 19.2. The first-order valence-electron chi connectivity index (χ1n) is 9.58. The van der Waals surface area contributed by atoms with Crippen molar-refractivity contribution in [2.24, 2.45) is 0 Å². The number of anilines is 1. The molecule has 0 aromatic heterocycles. The van der Waals surface area contributed by atoms with Gasteiger partial charge in [0.1, 0.15) is 18.1 Å². The molecule has 3 rings (SSSR count). The highest BCUT2D eigenvalue weighted by Gasteiger charge is 2.32. The molecule has 5 heteroatoms. The van der Waals surface area contributed by atoms with Gasteiger partial charge in [0.2, 0.25) is 5.91 Å². The van der Waals surface area contributed by atoms with Crippen molar-refractivity contribution in [1.29, 1.82) is 0 Å². The van der Waals surface area contributed by atoms with E-state index in [9.17, 15) is 4.79 Å². The highest BCUT2D eigenvalue weighted by Crippen LogP contribution is 2.32. The summed E-state index contributed by atoms with van der Waals surface area (Å²) in [5, 5.41) is 0. The largest absolute Gasteiger partial charge is 0.495 e. The molecule has 0 N–H and O–H groups in total. The molecule has 27 heavy (non-hydrogen) atoms. The molecule has 0 radical (unpaired) electrons. The predicted molar refractivity (Wildman–Crippen MR) is 108 cm³/mol. The predicted octanol–water partition coefficient (Wildman–Crippen LogP) is 3.59. The van der Waals surface area contributed by atoms with Gasteiger partial charge in [0.25, 0.3) is 0 Å². The Hall–Kier alpha value is -2.53. The maximum Gasteiger partial charge on any atom is 0.227 e. The molecule has 1 fully saturated rings. The number of ether oxygens (including phenoxy) is 2. The van der Waals surface area contributed by atoms with Crippen LogP contribution in [0.2, 0.25) is 0 Å². The van der Waals surface area contributed by atoms with E-state index in [1.165, 1.54) is 0 Å². The summed E-state index contributed by atoms with van der Waals surface area (Å²) in [6, 6.07) is 17.8. The van der Waals surface area contributed by atoms with Gasteiger partial charge in [0.15, 0.2) is 0 Å². The second kappa shape index (κ2) is 9.42. The second-order valence-corrected chi connectivity index (χ2v) is 6.69. The molecule has 1 unspecified atom stereocenters. The van der Waals surface area contributed by atoms with Gasteiger partial charge in [0, 0.05) is 26.1 Å². The SMILES string of the molecule is CCC(=O)N(c1ccccc1OC)C1CCN(CCOc2ccccc2)C1. The summed E-state index contributed by atoms with van der Waals surface area (Å²) in [5.74, 6) is 1.77. The van der Waals surface area contributed by atoms with Gasteiger partial charge in [-0.3, -0.25) is 9.69 Å². The van der Waals surface area contributed by atoms with Crippen molar-refractivity contribution in [3.8, 4) is 11.5 Å². The maximum absolute atomic E-state index is 12.7. The number of carbonyl (C=O) groups is 1. The minimum atomic E-state index is 0.131. The molecule has 2 aromatic rings. The van der Waals surface area contributed by atoms with Crippen molar-refractivity contribution in [1.82, 2.24) is 4.90 Å². The average Bonchev–Trinajstić information content (AvgIpc) is 3.17. The van der Waals surface area contributed by atoms with Gasteiger partial charge in [-0.05, 0) is 30.7 Å². The van der Waals surface area contributed by atoms with Gasteiger partial charge < -0.3 is 14.4 Å². The van der Waals surface area contributed by atoms with Crippen molar-refractivity contribution in [3.63, 3.8) is 0 Å². The quantitative estimate of drug-likeness (QED) is 0.714. The smallest absolute Gasteiger partial charge is 0.227 e. The Morgan fingerprint density at radius 3 is 2.63 bits per heavy atom. The molecule has 0 saturated carbocycles. The third kappa shape index (κ3) is 4.80. The van der Waals surface area contributed by atoms with E-state index < -0.39 is 0 Å². The van der Waals surface area contributed by atoms with E-state index in [2.05, 4.69) is 4.90 Å². The number of methoxy groups -OCH3 is 1. The summed E-state index contributed by atoms with van der Waals surface area (Å²) in [6.07, 6.45) is 1.43. The average molecular weight is 368 g/mol. The fourth-order valence-corrected chi connectivity index (χ4v) is 3.57. The summed E-state index contributed by atoms with van der Waals surface area (Å²) < 4.78 is 11.3. The van der Waals surface area contributed by atoms with Crippen LogP contribution in [0.1, 0.15) is 19.8 Å². The number of likely N-dealkylation sites (tertiary alicyclic amines) is 1. The van der Waals surface area contributed by atoms with Gasteiger partial charge >= 0.3 is 0 Å². The second-order valence-electron chi connectivity index (χ2n) is 6.69. The maximum atomic E-state index is 12.7. The first-order valence-corrected chi connectivity index (χ1v) is 9.58. The van der Waals surface area contributed by atoms with E-state index in [1.807, 2.05) is 66.4 Å². The van der Waals surface area contributed by atoms with Gasteiger partial charge in [-0.2, -0.15) is 0 Å². The van der Waals surface area contributed by atoms with Crippen LogP contribution < -0.4 is 14.4 Å². The number of benzene rings is 2. The Morgan fingerprint density at radius 2 is 1.89 bits per heavy atom. The first-order chi connectivity index (χ1) is 13.2. The fraction of sp³-hybridized carbons (Fsp3) is 0.409. The number of hydrogen-bond acceptors (Lipinski definition) is 4. The lowest BCUT2D eigenvalue weighted by Gasteiger charge is -2.30. The van der Waals surface area contributed by atoms with Crippen molar-refractivity contribution < 1.29 is 14.3 Å². The number of rotatable bonds is 8. The highest BCUT2D eigenvalue weighted by atomic mass is 16.5. The van der Waals surface area contributed by atoms with E-state index in [4.69, 9.17) is 9.47 Å². The van der Waals surface area contributed by atoms with Crippen molar-refractivity contribution in [2.75, 3.05) is 38.3 Å². The molecule has 144 valence electrons.